The predicted octanol–water partition coefficient (Wildman–Crippen LogP) is 3.00. The van der Waals surface area contributed by atoms with E-state index in [9.17, 15) is 5.11 Å². The zero-order valence-corrected chi connectivity index (χ0v) is 13.2. The number of aliphatic hydroxyl groups is 1. The van der Waals surface area contributed by atoms with Crippen molar-refractivity contribution in [3.63, 3.8) is 0 Å². The van der Waals surface area contributed by atoms with Gasteiger partial charge in [-0.05, 0) is 63.9 Å². The number of hydrogen-bond acceptors (Lipinski definition) is 4. The van der Waals surface area contributed by atoms with Crippen LogP contribution in [0.3, 0.4) is 0 Å². The van der Waals surface area contributed by atoms with Crippen molar-refractivity contribution >= 4 is 0 Å². The van der Waals surface area contributed by atoms with Crippen molar-refractivity contribution < 1.29 is 14.6 Å². The largest absolute Gasteiger partial charge is 0.490 e. The van der Waals surface area contributed by atoms with Gasteiger partial charge in [0.2, 0.25) is 0 Å². The van der Waals surface area contributed by atoms with Gasteiger partial charge < -0.3 is 14.6 Å². The minimum atomic E-state index is 0.207. The van der Waals surface area contributed by atoms with Gasteiger partial charge in [-0.25, -0.2) is 0 Å². The number of rotatable bonds is 8. The SMILES string of the molecule is CCOc1ccc(C(CCO)N2CCCC2)cc1OCC. The van der Waals surface area contributed by atoms with Crippen LogP contribution in [0.25, 0.3) is 0 Å². The van der Waals surface area contributed by atoms with Gasteiger partial charge in [0.1, 0.15) is 0 Å². The Kier molecular flexibility index (Phi) is 6.33. The molecule has 1 aliphatic heterocycles. The molecule has 4 nitrogen and oxygen atoms in total. The van der Waals surface area contributed by atoms with Crippen molar-refractivity contribution in [1.82, 2.24) is 4.90 Å². The molecule has 1 saturated heterocycles. The van der Waals surface area contributed by atoms with Gasteiger partial charge in [-0.2, -0.15) is 0 Å². The third-order valence-electron chi connectivity index (χ3n) is 3.94. The van der Waals surface area contributed by atoms with Gasteiger partial charge in [-0.15, -0.1) is 0 Å². The highest BCUT2D eigenvalue weighted by atomic mass is 16.5. The van der Waals surface area contributed by atoms with E-state index < -0.39 is 0 Å². The van der Waals surface area contributed by atoms with Crippen LogP contribution in [-0.4, -0.2) is 42.9 Å². The standard InChI is InChI=1S/C17H27NO3/c1-3-20-16-8-7-14(13-17(16)21-4-2)15(9-12-19)18-10-5-6-11-18/h7-8,13,15,19H,3-6,9-12H2,1-2H3. The van der Waals surface area contributed by atoms with E-state index in [2.05, 4.69) is 17.0 Å². The molecule has 0 saturated carbocycles. The van der Waals surface area contributed by atoms with Gasteiger partial charge in [-0.1, -0.05) is 6.07 Å². The molecule has 0 aliphatic carbocycles. The van der Waals surface area contributed by atoms with E-state index in [0.717, 1.165) is 31.0 Å². The summed E-state index contributed by atoms with van der Waals surface area (Å²) in [7, 11) is 0. The smallest absolute Gasteiger partial charge is 0.161 e. The quantitative estimate of drug-likeness (QED) is 0.800. The van der Waals surface area contributed by atoms with Gasteiger partial charge in [0.05, 0.1) is 13.2 Å². The molecule has 0 radical (unpaired) electrons. The molecular formula is C17H27NO3. The van der Waals surface area contributed by atoms with Crippen LogP contribution in [-0.2, 0) is 0 Å². The molecule has 1 aromatic rings. The number of hydrogen-bond donors (Lipinski definition) is 1. The highest BCUT2D eigenvalue weighted by Gasteiger charge is 2.24. The number of benzene rings is 1. The number of likely N-dealkylation sites (tertiary alicyclic amines) is 1. The van der Waals surface area contributed by atoms with Crippen LogP contribution in [0.2, 0.25) is 0 Å². The molecule has 0 spiro atoms. The third-order valence-corrected chi connectivity index (χ3v) is 3.94. The van der Waals surface area contributed by atoms with E-state index in [1.165, 1.54) is 18.4 Å². The minimum absolute atomic E-state index is 0.207. The first-order valence-corrected chi connectivity index (χ1v) is 8.04. The Morgan fingerprint density at radius 1 is 1.10 bits per heavy atom. The maximum absolute atomic E-state index is 9.39. The van der Waals surface area contributed by atoms with Crippen LogP contribution < -0.4 is 9.47 Å². The Hall–Kier alpha value is -1.26. The van der Waals surface area contributed by atoms with Crippen molar-refractivity contribution in [3.8, 4) is 11.5 Å². The molecule has 4 heteroatoms. The summed E-state index contributed by atoms with van der Waals surface area (Å²) >= 11 is 0. The lowest BCUT2D eigenvalue weighted by molar-refractivity contribution is 0.184. The monoisotopic (exact) mass is 293 g/mol. The topological polar surface area (TPSA) is 41.9 Å². The Bertz CT molecular complexity index is 430. The number of ether oxygens (including phenoxy) is 2. The Morgan fingerprint density at radius 3 is 2.38 bits per heavy atom. The van der Waals surface area contributed by atoms with Crippen molar-refractivity contribution in [3.05, 3.63) is 23.8 Å². The molecule has 21 heavy (non-hydrogen) atoms. The first-order valence-electron chi connectivity index (χ1n) is 8.04. The zero-order chi connectivity index (χ0) is 15.1. The fourth-order valence-corrected chi connectivity index (χ4v) is 3.01. The Morgan fingerprint density at radius 2 is 1.76 bits per heavy atom. The fraction of sp³-hybridized carbons (Fsp3) is 0.647. The van der Waals surface area contributed by atoms with Crippen molar-refractivity contribution in [1.29, 1.82) is 0 Å². The lowest BCUT2D eigenvalue weighted by Crippen LogP contribution is -2.26. The van der Waals surface area contributed by atoms with Crippen LogP contribution in [0, 0.1) is 0 Å². The van der Waals surface area contributed by atoms with E-state index in [-0.39, 0.29) is 12.6 Å². The molecule has 1 fully saturated rings. The second kappa shape index (κ2) is 8.25. The predicted molar refractivity (Wildman–Crippen MR) is 84.0 cm³/mol. The molecule has 1 heterocycles. The van der Waals surface area contributed by atoms with Crippen LogP contribution in [0.1, 0.15) is 44.7 Å². The molecule has 0 bridgehead atoms. The van der Waals surface area contributed by atoms with E-state index >= 15 is 0 Å². The molecular weight excluding hydrogens is 266 g/mol. The molecule has 118 valence electrons. The van der Waals surface area contributed by atoms with Gasteiger partial charge in [0.15, 0.2) is 11.5 Å². The van der Waals surface area contributed by atoms with Crippen LogP contribution in [0.4, 0.5) is 0 Å². The van der Waals surface area contributed by atoms with Gasteiger partial charge >= 0.3 is 0 Å². The lowest BCUT2D eigenvalue weighted by Gasteiger charge is -2.28. The summed E-state index contributed by atoms with van der Waals surface area (Å²) in [6.07, 6.45) is 3.26. The first kappa shape index (κ1) is 16.1. The zero-order valence-electron chi connectivity index (χ0n) is 13.2. The first-order chi connectivity index (χ1) is 10.3. The summed E-state index contributed by atoms with van der Waals surface area (Å²) in [5.41, 5.74) is 1.21. The Balaban J connectivity index is 2.24. The van der Waals surface area contributed by atoms with Gasteiger partial charge in [-0.3, -0.25) is 4.90 Å². The highest BCUT2D eigenvalue weighted by Crippen LogP contribution is 2.35. The van der Waals surface area contributed by atoms with Crippen LogP contribution in [0.15, 0.2) is 18.2 Å². The summed E-state index contributed by atoms with van der Waals surface area (Å²) in [5, 5.41) is 9.39. The summed E-state index contributed by atoms with van der Waals surface area (Å²) in [5.74, 6) is 1.60. The molecule has 2 rings (SSSR count). The van der Waals surface area contributed by atoms with E-state index in [1.807, 2.05) is 19.9 Å². The fourth-order valence-electron chi connectivity index (χ4n) is 3.01. The van der Waals surface area contributed by atoms with Crippen LogP contribution in [0.5, 0.6) is 11.5 Å². The molecule has 1 aromatic carbocycles. The van der Waals surface area contributed by atoms with E-state index in [1.54, 1.807) is 0 Å². The molecule has 1 unspecified atom stereocenters. The van der Waals surface area contributed by atoms with Crippen LogP contribution >= 0.6 is 0 Å². The van der Waals surface area contributed by atoms with Crippen molar-refractivity contribution in [2.75, 3.05) is 32.9 Å². The highest BCUT2D eigenvalue weighted by molar-refractivity contribution is 5.44. The maximum Gasteiger partial charge on any atom is 0.161 e. The minimum Gasteiger partial charge on any atom is -0.490 e. The number of nitrogens with zero attached hydrogens (tertiary/aromatic N) is 1. The Labute approximate surface area is 127 Å². The van der Waals surface area contributed by atoms with Crippen molar-refractivity contribution in [2.45, 2.75) is 39.2 Å². The number of aliphatic hydroxyl groups excluding tert-OH is 1. The normalized spacial score (nSPS) is 16.9. The second-order valence-electron chi connectivity index (χ2n) is 5.34. The molecule has 0 amide bonds. The summed E-state index contributed by atoms with van der Waals surface area (Å²) in [4.78, 5) is 2.46. The third kappa shape index (κ3) is 4.11. The van der Waals surface area contributed by atoms with E-state index in [4.69, 9.17) is 9.47 Å². The lowest BCUT2D eigenvalue weighted by atomic mass is 10.0. The molecule has 0 aromatic heterocycles. The van der Waals surface area contributed by atoms with Gasteiger partial charge in [0.25, 0.3) is 0 Å². The summed E-state index contributed by atoms with van der Waals surface area (Å²) < 4.78 is 11.3. The summed E-state index contributed by atoms with van der Waals surface area (Å²) in [6, 6.07) is 6.44. The summed E-state index contributed by atoms with van der Waals surface area (Å²) in [6.45, 7) is 7.64. The molecule has 1 aliphatic rings. The molecule has 1 N–H and O–H groups in total. The van der Waals surface area contributed by atoms with E-state index in [0.29, 0.717) is 13.2 Å². The van der Waals surface area contributed by atoms with Crippen molar-refractivity contribution in [2.24, 2.45) is 0 Å². The average Bonchev–Trinajstić information content (AvgIpc) is 3.01. The van der Waals surface area contributed by atoms with Gasteiger partial charge in [0, 0.05) is 12.6 Å². The second-order valence-corrected chi connectivity index (χ2v) is 5.34. The average molecular weight is 293 g/mol. The maximum atomic E-state index is 9.39. The molecule has 1 atom stereocenters.